The zero-order chi connectivity index (χ0) is 24.9. The van der Waals surface area contributed by atoms with E-state index in [2.05, 4.69) is 33.4 Å². The maximum Gasteiger partial charge on any atom is 0.232 e. The highest BCUT2D eigenvalue weighted by atomic mass is 32.2. The molecule has 1 aromatic carbocycles. The molecule has 1 unspecified atom stereocenters. The van der Waals surface area contributed by atoms with Crippen LogP contribution in [0.1, 0.15) is 44.4 Å². The van der Waals surface area contributed by atoms with E-state index in [0.717, 1.165) is 31.8 Å². The first-order valence-electron chi connectivity index (χ1n) is 11.2. The van der Waals surface area contributed by atoms with Crippen LogP contribution in [0.5, 0.6) is 5.75 Å². The molecule has 3 N–H and O–H groups in total. The molecular weight excluding hydrogens is 466 g/mol. The number of nitrogens with zero attached hydrogens (tertiary/aromatic N) is 2. The van der Waals surface area contributed by atoms with E-state index in [4.69, 9.17) is 4.74 Å². The van der Waals surface area contributed by atoms with E-state index in [1.165, 1.54) is 12.4 Å². The molecule has 2 heterocycles. The molecule has 3 aromatic rings. The van der Waals surface area contributed by atoms with Crippen molar-refractivity contribution in [3.63, 3.8) is 0 Å². The molecule has 0 bridgehead atoms. The zero-order valence-corrected chi connectivity index (χ0v) is 20.3. The SMILES string of the molecule is CCCS(=O)(=O)Nc1ccc(F)c(C(O)c2c[nH]c3ncc(OCCN(CC)CC)cc23)c1F. The van der Waals surface area contributed by atoms with Gasteiger partial charge in [-0.1, -0.05) is 20.8 Å². The number of sulfonamides is 1. The molecule has 2 aromatic heterocycles. The van der Waals surface area contributed by atoms with Crippen LogP contribution in [-0.2, 0) is 10.0 Å². The highest BCUT2D eigenvalue weighted by Crippen LogP contribution is 2.35. The molecule has 0 saturated carbocycles. The van der Waals surface area contributed by atoms with E-state index in [9.17, 15) is 17.9 Å². The van der Waals surface area contributed by atoms with E-state index >= 15 is 4.39 Å². The molecular formula is C23H30F2N4O4S. The third kappa shape index (κ3) is 5.83. The Bertz CT molecular complexity index is 1230. The van der Waals surface area contributed by atoms with Gasteiger partial charge in [-0.25, -0.2) is 22.2 Å². The molecule has 0 saturated heterocycles. The molecule has 3 rings (SSSR count). The van der Waals surface area contributed by atoms with E-state index in [1.807, 2.05) is 0 Å². The predicted molar refractivity (Wildman–Crippen MR) is 127 cm³/mol. The van der Waals surface area contributed by atoms with Crippen LogP contribution in [-0.4, -0.2) is 60.4 Å². The van der Waals surface area contributed by atoms with Crippen molar-refractivity contribution in [1.29, 1.82) is 0 Å². The number of hydrogen-bond donors (Lipinski definition) is 3. The van der Waals surface area contributed by atoms with Crippen molar-refractivity contribution >= 4 is 26.7 Å². The minimum absolute atomic E-state index is 0.183. The molecule has 1 atom stereocenters. The van der Waals surface area contributed by atoms with Gasteiger partial charge in [0.2, 0.25) is 10.0 Å². The lowest BCUT2D eigenvalue weighted by atomic mass is 10.00. The second kappa shape index (κ2) is 11.1. The maximum atomic E-state index is 15.2. The normalized spacial score (nSPS) is 12.9. The summed E-state index contributed by atoms with van der Waals surface area (Å²) in [5.74, 6) is -1.94. The Labute approximate surface area is 198 Å². The van der Waals surface area contributed by atoms with Crippen molar-refractivity contribution in [1.82, 2.24) is 14.9 Å². The number of rotatable bonds is 12. The Hall–Kier alpha value is -2.76. The van der Waals surface area contributed by atoms with Crippen LogP contribution in [0.3, 0.4) is 0 Å². The van der Waals surface area contributed by atoms with Crippen LogP contribution in [0.15, 0.2) is 30.6 Å². The Morgan fingerprint density at radius 3 is 2.65 bits per heavy atom. The number of H-pyrrole nitrogens is 1. The van der Waals surface area contributed by atoms with Crippen LogP contribution in [0.2, 0.25) is 0 Å². The molecule has 0 radical (unpaired) electrons. The second-order valence-electron chi connectivity index (χ2n) is 7.83. The van der Waals surface area contributed by atoms with Gasteiger partial charge in [0.25, 0.3) is 0 Å². The van der Waals surface area contributed by atoms with Crippen LogP contribution in [0, 0.1) is 11.6 Å². The van der Waals surface area contributed by atoms with Gasteiger partial charge in [-0.15, -0.1) is 0 Å². The third-order valence-corrected chi connectivity index (χ3v) is 7.02. The summed E-state index contributed by atoms with van der Waals surface area (Å²) < 4.78 is 61.8. The summed E-state index contributed by atoms with van der Waals surface area (Å²) in [5.41, 5.74) is -0.499. The molecule has 186 valence electrons. The fourth-order valence-electron chi connectivity index (χ4n) is 3.68. The number of benzene rings is 1. The summed E-state index contributed by atoms with van der Waals surface area (Å²) in [5, 5.41) is 11.4. The van der Waals surface area contributed by atoms with Gasteiger partial charge in [0.1, 0.15) is 29.9 Å². The first kappa shape index (κ1) is 25.9. The van der Waals surface area contributed by atoms with Crippen molar-refractivity contribution in [2.24, 2.45) is 0 Å². The summed E-state index contributed by atoms with van der Waals surface area (Å²) in [7, 11) is -3.81. The second-order valence-corrected chi connectivity index (χ2v) is 9.67. The van der Waals surface area contributed by atoms with Gasteiger partial charge in [0, 0.05) is 23.7 Å². The number of aliphatic hydroxyl groups excluding tert-OH is 1. The van der Waals surface area contributed by atoms with Crippen molar-refractivity contribution < 1.29 is 27.0 Å². The predicted octanol–water partition coefficient (Wildman–Crippen LogP) is 3.80. The van der Waals surface area contributed by atoms with Gasteiger partial charge in [0.05, 0.1) is 23.2 Å². The minimum Gasteiger partial charge on any atom is -0.491 e. The summed E-state index contributed by atoms with van der Waals surface area (Å²) in [6.07, 6.45) is 1.56. The fraction of sp³-hybridized carbons (Fsp3) is 0.435. The van der Waals surface area contributed by atoms with Gasteiger partial charge in [-0.05, 0) is 37.7 Å². The molecule has 0 spiro atoms. The number of likely N-dealkylation sites (N-methyl/N-ethyl adjacent to an activating group) is 1. The molecule has 0 fully saturated rings. The van der Waals surface area contributed by atoms with Crippen LogP contribution < -0.4 is 9.46 Å². The van der Waals surface area contributed by atoms with Crippen molar-refractivity contribution in [3.05, 3.63) is 53.4 Å². The first-order valence-corrected chi connectivity index (χ1v) is 12.8. The van der Waals surface area contributed by atoms with Gasteiger partial charge in [-0.3, -0.25) is 4.72 Å². The summed E-state index contributed by atoms with van der Waals surface area (Å²) in [6.45, 7) is 8.75. The minimum atomic E-state index is -3.81. The highest BCUT2D eigenvalue weighted by Gasteiger charge is 2.26. The van der Waals surface area contributed by atoms with E-state index in [1.54, 1.807) is 13.0 Å². The number of aromatic amines is 1. The average Bonchev–Trinajstić information content (AvgIpc) is 3.22. The molecule has 0 aliphatic carbocycles. The van der Waals surface area contributed by atoms with Gasteiger partial charge in [0.15, 0.2) is 5.82 Å². The zero-order valence-electron chi connectivity index (χ0n) is 19.4. The summed E-state index contributed by atoms with van der Waals surface area (Å²) >= 11 is 0. The van der Waals surface area contributed by atoms with E-state index in [0.29, 0.717) is 29.8 Å². The van der Waals surface area contributed by atoms with Crippen molar-refractivity contribution in [3.8, 4) is 5.75 Å². The summed E-state index contributed by atoms with van der Waals surface area (Å²) in [4.78, 5) is 9.34. The lowest BCUT2D eigenvalue weighted by Crippen LogP contribution is -2.27. The lowest BCUT2D eigenvalue weighted by Gasteiger charge is -2.18. The van der Waals surface area contributed by atoms with E-state index in [-0.39, 0.29) is 11.3 Å². The Morgan fingerprint density at radius 1 is 1.24 bits per heavy atom. The largest absolute Gasteiger partial charge is 0.491 e. The van der Waals surface area contributed by atoms with Crippen molar-refractivity contribution in [2.75, 3.05) is 36.7 Å². The molecule has 0 aliphatic rings. The number of nitrogens with one attached hydrogen (secondary N) is 2. The Morgan fingerprint density at radius 2 is 1.97 bits per heavy atom. The average molecular weight is 497 g/mol. The number of ether oxygens (including phenoxy) is 1. The number of pyridine rings is 1. The Kier molecular flexibility index (Phi) is 8.45. The molecule has 0 amide bonds. The van der Waals surface area contributed by atoms with Gasteiger partial charge in [-0.2, -0.15) is 0 Å². The number of anilines is 1. The van der Waals surface area contributed by atoms with E-state index < -0.39 is 39.0 Å². The lowest BCUT2D eigenvalue weighted by molar-refractivity contribution is 0.210. The number of halogens is 2. The number of hydrogen-bond acceptors (Lipinski definition) is 6. The Balaban J connectivity index is 1.90. The molecule has 11 heteroatoms. The molecule has 34 heavy (non-hydrogen) atoms. The monoisotopic (exact) mass is 496 g/mol. The molecule has 8 nitrogen and oxygen atoms in total. The van der Waals surface area contributed by atoms with Crippen molar-refractivity contribution in [2.45, 2.75) is 33.3 Å². The maximum absolute atomic E-state index is 15.2. The fourth-order valence-corrected chi connectivity index (χ4v) is 4.82. The number of fused-ring (bicyclic) bond motifs is 1. The van der Waals surface area contributed by atoms with Crippen LogP contribution >= 0.6 is 0 Å². The quantitative estimate of drug-likeness (QED) is 0.352. The summed E-state index contributed by atoms with van der Waals surface area (Å²) in [6, 6.07) is 3.55. The van der Waals surface area contributed by atoms with Gasteiger partial charge >= 0.3 is 0 Å². The number of aliphatic hydroxyl groups is 1. The number of aromatic nitrogens is 2. The standard InChI is InChI=1S/C23H30F2N4O4S/c1-4-11-34(31,32)28-19-8-7-18(24)20(21(19)25)22(30)17-14-27-23-16(17)12-15(13-26-23)33-10-9-29(5-2)6-3/h7-8,12-14,22,28,30H,4-6,9-11H2,1-3H3,(H,26,27). The van der Waals surface area contributed by atoms with Gasteiger partial charge < -0.3 is 19.7 Å². The highest BCUT2D eigenvalue weighted by molar-refractivity contribution is 7.92. The molecule has 0 aliphatic heterocycles. The topological polar surface area (TPSA) is 108 Å². The first-order chi connectivity index (χ1) is 16.2. The smallest absolute Gasteiger partial charge is 0.232 e. The third-order valence-electron chi connectivity index (χ3n) is 5.54. The van der Waals surface area contributed by atoms with Crippen LogP contribution in [0.25, 0.3) is 11.0 Å². The van der Waals surface area contributed by atoms with Crippen LogP contribution in [0.4, 0.5) is 14.5 Å².